The highest BCUT2D eigenvalue weighted by atomic mass is 19.4. The van der Waals surface area contributed by atoms with E-state index in [-0.39, 0.29) is 11.1 Å². The molecule has 2 amide bonds. The summed E-state index contributed by atoms with van der Waals surface area (Å²) in [7, 11) is 0. The molecule has 154 valence electrons. The molecular weight excluding hydrogens is 399 g/mol. The van der Waals surface area contributed by atoms with E-state index in [1.54, 1.807) is 0 Å². The van der Waals surface area contributed by atoms with Crippen LogP contribution in [0.1, 0.15) is 37.5 Å². The Morgan fingerprint density at radius 2 is 1.77 bits per heavy atom. The molecule has 2 aromatic carbocycles. The van der Waals surface area contributed by atoms with Gasteiger partial charge in [0.25, 0.3) is 5.91 Å². The number of hydrogen-bond acceptors (Lipinski definition) is 5. The number of rotatable bonds is 6. The van der Waals surface area contributed by atoms with Gasteiger partial charge < -0.3 is 5.73 Å². The number of anilines is 1. The first-order valence-electron chi connectivity index (χ1n) is 8.67. The summed E-state index contributed by atoms with van der Waals surface area (Å²) in [5.74, 6) is -1.71. The van der Waals surface area contributed by atoms with Gasteiger partial charge in [0.05, 0.1) is 0 Å². The van der Waals surface area contributed by atoms with Crippen LogP contribution in [0.2, 0.25) is 0 Å². The van der Waals surface area contributed by atoms with Gasteiger partial charge in [0.15, 0.2) is 0 Å². The number of carbonyl (C=O) groups is 2. The Labute approximate surface area is 169 Å². The zero-order valence-corrected chi connectivity index (χ0v) is 15.4. The summed E-state index contributed by atoms with van der Waals surface area (Å²) in [5.41, 5.74) is 10.6. The molecule has 4 N–H and O–H groups in total. The number of carbonyl (C=O) groups excluding carboxylic acids is 2. The van der Waals surface area contributed by atoms with Gasteiger partial charge in [0.1, 0.15) is 5.69 Å². The second kappa shape index (κ2) is 8.60. The van der Waals surface area contributed by atoms with Crippen LogP contribution in [0.5, 0.6) is 0 Å². The van der Waals surface area contributed by atoms with Crippen LogP contribution in [0, 0.1) is 0 Å². The fourth-order valence-corrected chi connectivity index (χ4v) is 2.70. The van der Waals surface area contributed by atoms with Gasteiger partial charge in [-0.3, -0.25) is 20.4 Å². The lowest BCUT2D eigenvalue weighted by atomic mass is 9.97. The van der Waals surface area contributed by atoms with Crippen LogP contribution in [0.3, 0.4) is 0 Å². The number of amides is 2. The molecule has 0 radical (unpaired) electrons. The Bertz CT molecular complexity index is 1070. The van der Waals surface area contributed by atoms with Crippen LogP contribution >= 0.6 is 0 Å². The van der Waals surface area contributed by atoms with E-state index in [2.05, 4.69) is 20.8 Å². The fourth-order valence-electron chi connectivity index (χ4n) is 2.70. The second-order valence-corrected chi connectivity index (χ2v) is 6.24. The Morgan fingerprint density at radius 3 is 2.43 bits per heavy atom. The lowest BCUT2D eigenvalue weighted by Gasteiger charge is -2.12. The van der Waals surface area contributed by atoms with Crippen LogP contribution in [0.4, 0.5) is 19.1 Å². The standard InChI is InChI=1S/C20H16F3N5O2/c21-20(22,23)16-8-9-25-19(26-16)28-27-18(30)13-6-7-15(17(24)29)14(11-13)10-12-4-2-1-3-5-12/h1-9,11H,10H2,(H2,24,29)(H,27,30)(H,25,26,28). The lowest BCUT2D eigenvalue weighted by molar-refractivity contribution is -0.141. The van der Waals surface area contributed by atoms with Crippen LogP contribution in [0.25, 0.3) is 0 Å². The molecule has 30 heavy (non-hydrogen) atoms. The fraction of sp³-hybridized carbons (Fsp3) is 0.100. The Hall–Kier alpha value is -3.95. The molecule has 0 spiro atoms. The van der Waals surface area contributed by atoms with E-state index in [0.29, 0.717) is 18.1 Å². The minimum absolute atomic E-state index is 0.172. The van der Waals surface area contributed by atoms with Gasteiger partial charge in [0.2, 0.25) is 11.9 Å². The van der Waals surface area contributed by atoms with E-state index >= 15 is 0 Å². The summed E-state index contributed by atoms with van der Waals surface area (Å²) in [6.07, 6.45) is -3.35. The first kappa shape index (κ1) is 20.8. The second-order valence-electron chi connectivity index (χ2n) is 6.24. The molecule has 0 saturated heterocycles. The zero-order chi connectivity index (χ0) is 21.7. The normalized spacial score (nSPS) is 11.0. The first-order valence-corrected chi connectivity index (χ1v) is 8.67. The third-order valence-corrected chi connectivity index (χ3v) is 4.10. The molecule has 0 aliphatic rings. The molecule has 0 aliphatic heterocycles. The highest BCUT2D eigenvalue weighted by Crippen LogP contribution is 2.27. The number of halogens is 3. The van der Waals surface area contributed by atoms with Gasteiger partial charge >= 0.3 is 6.18 Å². The zero-order valence-electron chi connectivity index (χ0n) is 15.4. The van der Waals surface area contributed by atoms with E-state index in [0.717, 1.165) is 11.8 Å². The van der Waals surface area contributed by atoms with Crippen molar-refractivity contribution in [2.45, 2.75) is 12.6 Å². The number of benzene rings is 2. The maximum atomic E-state index is 12.7. The quantitative estimate of drug-likeness (QED) is 0.536. The van der Waals surface area contributed by atoms with Crippen molar-refractivity contribution in [3.63, 3.8) is 0 Å². The van der Waals surface area contributed by atoms with Crippen molar-refractivity contribution in [1.82, 2.24) is 15.4 Å². The van der Waals surface area contributed by atoms with Crippen molar-refractivity contribution in [3.05, 3.63) is 88.7 Å². The Balaban J connectivity index is 1.77. The van der Waals surface area contributed by atoms with Gasteiger partial charge in [-0.15, -0.1) is 0 Å². The Morgan fingerprint density at radius 1 is 1.03 bits per heavy atom. The van der Waals surface area contributed by atoms with Gasteiger partial charge in [0, 0.05) is 17.3 Å². The number of primary amides is 1. The molecule has 1 heterocycles. The maximum absolute atomic E-state index is 12.7. The number of hydrazine groups is 1. The predicted octanol–water partition coefficient (Wildman–Crippen LogP) is 2.94. The third-order valence-electron chi connectivity index (χ3n) is 4.10. The van der Waals surface area contributed by atoms with Crippen LogP contribution in [-0.2, 0) is 12.6 Å². The van der Waals surface area contributed by atoms with E-state index in [1.807, 2.05) is 30.3 Å². The minimum Gasteiger partial charge on any atom is -0.366 e. The van der Waals surface area contributed by atoms with Crippen LogP contribution in [0.15, 0.2) is 60.8 Å². The molecule has 0 unspecified atom stereocenters. The highest BCUT2D eigenvalue weighted by Gasteiger charge is 2.32. The number of nitrogens with one attached hydrogen (secondary N) is 2. The molecule has 0 fully saturated rings. The monoisotopic (exact) mass is 415 g/mol. The molecule has 0 atom stereocenters. The number of nitrogens with zero attached hydrogens (tertiary/aromatic N) is 2. The molecule has 0 bridgehead atoms. The minimum atomic E-state index is -4.64. The van der Waals surface area contributed by atoms with Crippen molar-refractivity contribution < 1.29 is 22.8 Å². The smallest absolute Gasteiger partial charge is 0.366 e. The van der Waals surface area contributed by atoms with E-state index < -0.39 is 29.6 Å². The van der Waals surface area contributed by atoms with Crippen molar-refractivity contribution in [2.75, 3.05) is 5.43 Å². The van der Waals surface area contributed by atoms with Gasteiger partial charge in [-0.1, -0.05) is 30.3 Å². The number of alkyl halides is 3. The SMILES string of the molecule is NC(=O)c1ccc(C(=O)NNc2nccc(C(F)(F)F)n2)cc1Cc1ccccc1. The average molecular weight is 415 g/mol. The topological polar surface area (TPSA) is 110 Å². The molecule has 0 saturated carbocycles. The van der Waals surface area contributed by atoms with Crippen LogP contribution < -0.4 is 16.6 Å². The van der Waals surface area contributed by atoms with Gasteiger partial charge in [-0.05, 0) is 41.8 Å². The Kier molecular flexibility index (Phi) is 5.95. The molecule has 7 nitrogen and oxygen atoms in total. The van der Waals surface area contributed by atoms with Crippen molar-refractivity contribution in [1.29, 1.82) is 0 Å². The van der Waals surface area contributed by atoms with Gasteiger partial charge in [-0.2, -0.15) is 13.2 Å². The highest BCUT2D eigenvalue weighted by molar-refractivity contribution is 5.98. The van der Waals surface area contributed by atoms with Crippen molar-refractivity contribution >= 4 is 17.8 Å². The van der Waals surface area contributed by atoms with E-state index in [4.69, 9.17) is 5.73 Å². The number of hydrogen-bond donors (Lipinski definition) is 3. The molecule has 1 aromatic heterocycles. The summed E-state index contributed by atoms with van der Waals surface area (Å²) in [5, 5.41) is 0. The van der Waals surface area contributed by atoms with E-state index in [9.17, 15) is 22.8 Å². The van der Waals surface area contributed by atoms with Crippen molar-refractivity contribution in [2.24, 2.45) is 5.73 Å². The summed E-state index contributed by atoms with van der Waals surface area (Å²) in [6, 6.07) is 14.3. The van der Waals surface area contributed by atoms with Crippen LogP contribution in [-0.4, -0.2) is 21.8 Å². The predicted molar refractivity (Wildman–Crippen MR) is 102 cm³/mol. The molecule has 3 rings (SSSR count). The molecular formula is C20H16F3N5O2. The maximum Gasteiger partial charge on any atom is 0.433 e. The summed E-state index contributed by atoms with van der Waals surface area (Å²) >= 11 is 0. The summed E-state index contributed by atoms with van der Waals surface area (Å²) in [4.78, 5) is 31.1. The first-order chi connectivity index (χ1) is 14.2. The van der Waals surface area contributed by atoms with E-state index in [1.165, 1.54) is 18.2 Å². The lowest BCUT2D eigenvalue weighted by Crippen LogP contribution is -2.31. The van der Waals surface area contributed by atoms with Gasteiger partial charge in [-0.25, -0.2) is 9.97 Å². The largest absolute Gasteiger partial charge is 0.433 e. The molecule has 0 aliphatic carbocycles. The molecule has 10 heteroatoms. The third kappa shape index (κ3) is 5.10. The number of aromatic nitrogens is 2. The average Bonchev–Trinajstić information content (AvgIpc) is 2.72. The number of nitrogens with two attached hydrogens (primary N) is 1. The molecule has 3 aromatic rings. The summed E-state index contributed by atoms with van der Waals surface area (Å²) < 4.78 is 38.1. The van der Waals surface area contributed by atoms with Crippen molar-refractivity contribution in [3.8, 4) is 0 Å². The summed E-state index contributed by atoms with van der Waals surface area (Å²) in [6.45, 7) is 0.